The first kappa shape index (κ1) is 14.5. The van der Waals surface area contributed by atoms with Crippen LogP contribution in [0.1, 0.15) is 31.0 Å². The van der Waals surface area contributed by atoms with Gasteiger partial charge in [0.15, 0.2) is 0 Å². The average Bonchev–Trinajstić information content (AvgIpc) is 2.42. The normalized spacial score (nSPS) is 19.4. The molecule has 19 heavy (non-hydrogen) atoms. The predicted octanol–water partition coefficient (Wildman–Crippen LogP) is 2.37. The molecule has 0 spiro atoms. The molecule has 3 heteroatoms. The largest absolute Gasteiger partial charge is 0.379 e. The van der Waals surface area contributed by atoms with Gasteiger partial charge in [-0.15, -0.1) is 0 Å². The predicted molar refractivity (Wildman–Crippen MR) is 79.5 cm³/mol. The van der Waals surface area contributed by atoms with Gasteiger partial charge >= 0.3 is 0 Å². The Bertz CT molecular complexity index is 394. The zero-order chi connectivity index (χ0) is 13.9. The van der Waals surface area contributed by atoms with E-state index in [-0.39, 0.29) is 5.54 Å². The van der Waals surface area contributed by atoms with Crippen molar-refractivity contribution in [2.24, 2.45) is 0 Å². The maximum atomic E-state index is 5.47. The number of morpholine rings is 1. The van der Waals surface area contributed by atoms with Crippen LogP contribution in [0.2, 0.25) is 0 Å². The molecular formula is C16H26N2O. The van der Waals surface area contributed by atoms with E-state index in [1.54, 1.807) is 0 Å². The molecule has 1 atom stereocenters. The zero-order valence-electron chi connectivity index (χ0n) is 12.6. The number of nitrogens with zero attached hydrogens (tertiary/aromatic N) is 1. The Kier molecular flexibility index (Phi) is 4.61. The lowest BCUT2D eigenvalue weighted by molar-refractivity contribution is -0.0229. The minimum atomic E-state index is 0.0772. The van der Waals surface area contributed by atoms with Gasteiger partial charge < -0.3 is 10.1 Å². The number of hydrogen-bond donors (Lipinski definition) is 1. The van der Waals surface area contributed by atoms with E-state index < -0.39 is 0 Å². The van der Waals surface area contributed by atoms with Crippen molar-refractivity contribution in [3.63, 3.8) is 0 Å². The monoisotopic (exact) mass is 262 g/mol. The first-order valence-corrected chi connectivity index (χ1v) is 7.12. The molecule has 1 saturated heterocycles. The van der Waals surface area contributed by atoms with Crippen LogP contribution < -0.4 is 5.32 Å². The van der Waals surface area contributed by atoms with E-state index in [9.17, 15) is 0 Å². The number of rotatable bonds is 4. The van der Waals surface area contributed by atoms with Gasteiger partial charge in [-0.05, 0) is 33.4 Å². The summed E-state index contributed by atoms with van der Waals surface area (Å²) in [5.41, 5.74) is 2.74. The van der Waals surface area contributed by atoms with Crippen LogP contribution in [0, 0.1) is 6.92 Å². The molecule has 0 bridgehead atoms. The van der Waals surface area contributed by atoms with Crippen molar-refractivity contribution < 1.29 is 4.74 Å². The SMILES string of the molecule is CNC(c1ccc(C)cc1)C(C)(C)N1CCOCC1. The average molecular weight is 262 g/mol. The van der Waals surface area contributed by atoms with Crippen LogP contribution in [-0.2, 0) is 4.74 Å². The molecule has 106 valence electrons. The number of nitrogens with one attached hydrogen (secondary N) is 1. The molecule has 1 aromatic carbocycles. The summed E-state index contributed by atoms with van der Waals surface area (Å²) in [4.78, 5) is 2.53. The van der Waals surface area contributed by atoms with Crippen molar-refractivity contribution in [3.8, 4) is 0 Å². The molecule has 0 saturated carbocycles. The van der Waals surface area contributed by atoms with Gasteiger partial charge in [-0.3, -0.25) is 4.90 Å². The van der Waals surface area contributed by atoms with Crippen LogP contribution in [0.25, 0.3) is 0 Å². The molecule has 1 aliphatic heterocycles. The molecule has 1 fully saturated rings. The Morgan fingerprint density at radius 3 is 2.26 bits per heavy atom. The summed E-state index contributed by atoms with van der Waals surface area (Å²) in [6, 6.07) is 9.17. The standard InChI is InChI=1S/C16H26N2O/c1-13-5-7-14(8-6-13)15(17-4)16(2,3)18-9-11-19-12-10-18/h5-8,15,17H,9-12H2,1-4H3. The molecule has 1 N–H and O–H groups in total. The minimum absolute atomic E-state index is 0.0772. The van der Waals surface area contributed by atoms with Crippen molar-refractivity contribution in [1.82, 2.24) is 10.2 Å². The number of likely N-dealkylation sites (N-methyl/N-ethyl adjacent to an activating group) is 1. The second-order valence-corrected chi connectivity index (χ2v) is 5.89. The lowest BCUT2D eigenvalue weighted by atomic mass is 9.86. The lowest BCUT2D eigenvalue weighted by Crippen LogP contribution is -2.55. The van der Waals surface area contributed by atoms with Crippen LogP contribution in [0.4, 0.5) is 0 Å². The fourth-order valence-corrected chi connectivity index (χ4v) is 3.01. The fourth-order valence-electron chi connectivity index (χ4n) is 3.01. The first-order valence-electron chi connectivity index (χ1n) is 7.12. The highest BCUT2D eigenvalue weighted by Crippen LogP contribution is 2.31. The summed E-state index contributed by atoms with van der Waals surface area (Å²) in [5.74, 6) is 0. The number of ether oxygens (including phenoxy) is 1. The van der Waals surface area contributed by atoms with E-state index in [1.165, 1.54) is 11.1 Å². The Hall–Kier alpha value is -0.900. The molecule has 1 unspecified atom stereocenters. The molecule has 2 rings (SSSR count). The van der Waals surface area contributed by atoms with Gasteiger partial charge in [0, 0.05) is 24.7 Å². The molecule has 0 aliphatic carbocycles. The second-order valence-electron chi connectivity index (χ2n) is 5.89. The summed E-state index contributed by atoms with van der Waals surface area (Å²) in [6.07, 6.45) is 0. The number of benzene rings is 1. The molecule has 0 radical (unpaired) electrons. The van der Waals surface area contributed by atoms with Crippen LogP contribution in [-0.4, -0.2) is 43.8 Å². The van der Waals surface area contributed by atoms with Crippen molar-refractivity contribution in [2.45, 2.75) is 32.4 Å². The number of aryl methyl sites for hydroxylation is 1. The van der Waals surface area contributed by atoms with Gasteiger partial charge in [0.05, 0.1) is 13.2 Å². The summed E-state index contributed by atoms with van der Waals surface area (Å²) < 4.78 is 5.47. The zero-order valence-corrected chi connectivity index (χ0v) is 12.6. The summed E-state index contributed by atoms with van der Waals surface area (Å²) >= 11 is 0. The van der Waals surface area contributed by atoms with Crippen LogP contribution in [0.3, 0.4) is 0 Å². The van der Waals surface area contributed by atoms with E-state index in [2.05, 4.69) is 55.3 Å². The molecule has 0 aromatic heterocycles. The summed E-state index contributed by atoms with van der Waals surface area (Å²) in [7, 11) is 2.05. The fraction of sp³-hybridized carbons (Fsp3) is 0.625. The van der Waals surface area contributed by atoms with E-state index in [0.717, 1.165) is 26.3 Å². The Morgan fingerprint density at radius 2 is 1.74 bits per heavy atom. The van der Waals surface area contributed by atoms with E-state index in [0.29, 0.717) is 6.04 Å². The van der Waals surface area contributed by atoms with Gasteiger partial charge in [-0.2, -0.15) is 0 Å². The lowest BCUT2D eigenvalue weighted by Gasteiger charge is -2.46. The highest BCUT2D eigenvalue weighted by atomic mass is 16.5. The second kappa shape index (κ2) is 6.04. The molecule has 3 nitrogen and oxygen atoms in total. The maximum Gasteiger partial charge on any atom is 0.0594 e. The highest BCUT2D eigenvalue weighted by Gasteiger charge is 2.36. The third-order valence-electron chi connectivity index (χ3n) is 4.23. The Morgan fingerprint density at radius 1 is 1.16 bits per heavy atom. The quantitative estimate of drug-likeness (QED) is 0.901. The summed E-state index contributed by atoms with van der Waals surface area (Å²) in [6.45, 7) is 10.5. The van der Waals surface area contributed by atoms with Gasteiger partial charge in [-0.1, -0.05) is 29.8 Å². The first-order chi connectivity index (χ1) is 9.05. The number of hydrogen-bond acceptors (Lipinski definition) is 3. The van der Waals surface area contributed by atoms with Crippen molar-refractivity contribution >= 4 is 0 Å². The van der Waals surface area contributed by atoms with E-state index in [4.69, 9.17) is 4.74 Å². The van der Waals surface area contributed by atoms with Gasteiger partial charge in [-0.25, -0.2) is 0 Å². The Labute approximate surface area is 116 Å². The topological polar surface area (TPSA) is 24.5 Å². The van der Waals surface area contributed by atoms with Crippen molar-refractivity contribution in [3.05, 3.63) is 35.4 Å². The van der Waals surface area contributed by atoms with Gasteiger partial charge in [0.1, 0.15) is 0 Å². The van der Waals surface area contributed by atoms with Crippen LogP contribution in [0.15, 0.2) is 24.3 Å². The third-order valence-corrected chi connectivity index (χ3v) is 4.23. The smallest absolute Gasteiger partial charge is 0.0594 e. The maximum absolute atomic E-state index is 5.47. The molecular weight excluding hydrogens is 236 g/mol. The van der Waals surface area contributed by atoms with Gasteiger partial charge in [0.2, 0.25) is 0 Å². The van der Waals surface area contributed by atoms with E-state index >= 15 is 0 Å². The third kappa shape index (κ3) is 3.16. The molecule has 1 aliphatic rings. The van der Waals surface area contributed by atoms with Gasteiger partial charge in [0.25, 0.3) is 0 Å². The van der Waals surface area contributed by atoms with Crippen LogP contribution >= 0.6 is 0 Å². The molecule has 1 aromatic rings. The summed E-state index contributed by atoms with van der Waals surface area (Å²) in [5, 5.41) is 3.49. The van der Waals surface area contributed by atoms with Crippen molar-refractivity contribution in [1.29, 1.82) is 0 Å². The van der Waals surface area contributed by atoms with Crippen LogP contribution in [0.5, 0.6) is 0 Å². The molecule has 1 heterocycles. The highest BCUT2D eigenvalue weighted by molar-refractivity contribution is 5.26. The van der Waals surface area contributed by atoms with Crippen molar-refractivity contribution in [2.75, 3.05) is 33.4 Å². The minimum Gasteiger partial charge on any atom is -0.379 e. The van der Waals surface area contributed by atoms with E-state index in [1.807, 2.05) is 7.05 Å². The molecule has 0 amide bonds. The Balaban J connectivity index is 2.21.